The maximum absolute atomic E-state index is 12.3. The summed E-state index contributed by atoms with van der Waals surface area (Å²) >= 11 is 0. The van der Waals surface area contributed by atoms with Crippen LogP contribution in [-0.2, 0) is 4.79 Å². The molecule has 0 bridgehead atoms. The van der Waals surface area contributed by atoms with Gasteiger partial charge < -0.3 is 9.90 Å². The molecule has 2 heteroatoms. The van der Waals surface area contributed by atoms with Gasteiger partial charge in [0.15, 0.2) is 0 Å². The van der Waals surface area contributed by atoms with Gasteiger partial charge in [-0.3, -0.25) is 0 Å². The lowest BCUT2D eigenvalue weighted by Gasteiger charge is -2.72. The van der Waals surface area contributed by atoms with Gasteiger partial charge in [0.2, 0.25) is 0 Å². The van der Waals surface area contributed by atoms with Crippen molar-refractivity contribution >= 4 is 6.29 Å². The highest BCUT2D eigenvalue weighted by Crippen LogP contribution is 2.77. The average Bonchev–Trinajstić information content (AvgIpc) is 3.09. The maximum Gasteiger partial charge on any atom is 0.128 e. The second kappa shape index (κ2) is 6.96. The van der Waals surface area contributed by atoms with Gasteiger partial charge in [0.05, 0.1) is 11.5 Å². The topological polar surface area (TPSA) is 37.3 Å². The van der Waals surface area contributed by atoms with Crippen LogP contribution in [0.1, 0.15) is 106 Å². The monoisotopic (exact) mass is 440 g/mol. The zero-order chi connectivity index (χ0) is 23.3. The molecule has 5 rings (SSSR count). The Morgan fingerprint density at radius 2 is 1.56 bits per heavy atom. The summed E-state index contributed by atoms with van der Waals surface area (Å²) in [7, 11) is 0. The molecule has 32 heavy (non-hydrogen) atoms. The largest absolute Gasteiger partial charge is 0.392 e. The Morgan fingerprint density at radius 3 is 2.22 bits per heavy atom. The molecule has 5 aliphatic carbocycles. The Bertz CT molecular complexity index is 818. The van der Waals surface area contributed by atoms with Crippen LogP contribution in [-0.4, -0.2) is 17.5 Å². The van der Waals surface area contributed by atoms with E-state index in [1.165, 1.54) is 50.5 Å². The first-order valence-electron chi connectivity index (χ1n) is 13.7. The highest BCUT2D eigenvalue weighted by molar-refractivity contribution is 5.61. The van der Waals surface area contributed by atoms with Gasteiger partial charge in [-0.15, -0.1) is 0 Å². The Balaban J connectivity index is 1.55. The first-order chi connectivity index (χ1) is 14.9. The first kappa shape index (κ1) is 23.1. The molecular weight excluding hydrogens is 392 g/mol. The lowest BCUT2D eigenvalue weighted by molar-refractivity contribution is -0.244. The minimum absolute atomic E-state index is 0.167. The average molecular weight is 441 g/mol. The normalized spacial score (nSPS) is 59.3. The van der Waals surface area contributed by atoms with Crippen LogP contribution in [0.4, 0.5) is 0 Å². The van der Waals surface area contributed by atoms with Gasteiger partial charge in [0.1, 0.15) is 6.29 Å². The van der Waals surface area contributed by atoms with Gasteiger partial charge in [-0.1, -0.05) is 46.8 Å². The van der Waals surface area contributed by atoms with Crippen LogP contribution in [0.2, 0.25) is 0 Å². The summed E-state index contributed by atoms with van der Waals surface area (Å²) in [6.45, 7) is 19.3. The fourth-order valence-electron chi connectivity index (χ4n) is 11.4. The molecule has 11 unspecified atom stereocenters. The molecule has 11 atom stereocenters. The molecule has 0 aliphatic heterocycles. The minimum atomic E-state index is -0.576. The van der Waals surface area contributed by atoms with Crippen molar-refractivity contribution in [3.63, 3.8) is 0 Å². The van der Waals surface area contributed by atoms with Crippen LogP contribution in [0.5, 0.6) is 0 Å². The number of allylic oxidation sites excluding steroid dienone is 1. The molecular formula is C30H48O2. The summed E-state index contributed by atoms with van der Waals surface area (Å²) in [5, 5.41) is 10.9. The number of hydrogen-bond acceptors (Lipinski definition) is 2. The van der Waals surface area contributed by atoms with Crippen LogP contribution < -0.4 is 0 Å². The third-order valence-corrected chi connectivity index (χ3v) is 13.4. The first-order valence-corrected chi connectivity index (χ1v) is 13.7. The predicted molar refractivity (Wildman–Crippen MR) is 131 cm³/mol. The molecule has 0 aromatic heterocycles. The van der Waals surface area contributed by atoms with Crippen LogP contribution in [0, 0.1) is 56.7 Å². The molecule has 180 valence electrons. The number of fused-ring (bicyclic) bond motifs is 7. The molecule has 0 aromatic rings. The highest BCUT2D eigenvalue weighted by Gasteiger charge is 2.70. The Hall–Kier alpha value is -0.630. The number of aliphatic hydroxyl groups is 1. The predicted octanol–water partition coefficient (Wildman–Crippen LogP) is 7.20. The Kier molecular flexibility index (Phi) is 5.03. The van der Waals surface area contributed by atoms with E-state index in [1.54, 1.807) is 0 Å². The summed E-state index contributed by atoms with van der Waals surface area (Å²) in [4.78, 5) is 12.3. The molecule has 5 aliphatic rings. The lowest BCUT2D eigenvalue weighted by Crippen LogP contribution is -2.67. The standard InChI is InChI=1S/C30H48O2/c1-19(2)20-10-13-26(3)16-17-29(6)21(25(20)26)8-9-23-27(4)14-12-24(32)28(5,18-31)22(27)11-15-30(23,29)7/h18,20-25,32H,1,8-17H2,2-7H3. The van der Waals surface area contributed by atoms with E-state index in [0.29, 0.717) is 34.0 Å². The molecule has 5 fully saturated rings. The van der Waals surface area contributed by atoms with Crippen molar-refractivity contribution in [3.05, 3.63) is 12.2 Å². The summed E-state index contributed by atoms with van der Waals surface area (Å²) in [6.07, 6.45) is 13.0. The van der Waals surface area contributed by atoms with Crippen molar-refractivity contribution in [3.8, 4) is 0 Å². The number of hydrogen-bond donors (Lipinski definition) is 1. The number of aliphatic hydroxyl groups excluding tert-OH is 1. The van der Waals surface area contributed by atoms with Gasteiger partial charge in [-0.2, -0.15) is 0 Å². The number of rotatable bonds is 2. The molecule has 2 nitrogen and oxygen atoms in total. The van der Waals surface area contributed by atoms with E-state index in [2.05, 4.69) is 48.1 Å². The van der Waals surface area contributed by atoms with E-state index in [1.807, 2.05) is 0 Å². The third-order valence-electron chi connectivity index (χ3n) is 13.4. The number of aldehydes is 1. The van der Waals surface area contributed by atoms with E-state index < -0.39 is 11.5 Å². The quantitative estimate of drug-likeness (QED) is 0.364. The zero-order valence-electron chi connectivity index (χ0n) is 21.7. The lowest BCUT2D eigenvalue weighted by atomic mass is 9.32. The van der Waals surface area contributed by atoms with Gasteiger partial charge >= 0.3 is 0 Å². The molecule has 0 amide bonds. The third kappa shape index (κ3) is 2.60. The van der Waals surface area contributed by atoms with Crippen LogP contribution in [0.25, 0.3) is 0 Å². The van der Waals surface area contributed by atoms with Gasteiger partial charge in [-0.25, -0.2) is 0 Å². The Morgan fingerprint density at radius 1 is 0.844 bits per heavy atom. The molecule has 0 radical (unpaired) electrons. The van der Waals surface area contributed by atoms with Gasteiger partial charge in [0, 0.05) is 0 Å². The van der Waals surface area contributed by atoms with E-state index in [9.17, 15) is 9.90 Å². The van der Waals surface area contributed by atoms with Crippen molar-refractivity contribution in [1.82, 2.24) is 0 Å². The smallest absolute Gasteiger partial charge is 0.128 e. The summed E-state index contributed by atoms with van der Waals surface area (Å²) in [5.41, 5.74) is 2.22. The summed E-state index contributed by atoms with van der Waals surface area (Å²) < 4.78 is 0. The van der Waals surface area contributed by atoms with Crippen molar-refractivity contribution in [2.24, 2.45) is 56.7 Å². The number of carbonyl (C=O) groups excluding carboxylic acids is 1. The number of carbonyl (C=O) groups is 1. The van der Waals surface area contributed by atoms with Crippen LogP contribution in [0.15, 0.2) is 12.2 Å². The van der Waals surface area contributed by atoms with Gasteiger partial charge in [-0.05, 0) is 122 Å². The van der Waals surface area contributed by atoms with Crippen molar-refractivity contribution in [2.75, 3.05) is 0 Å². The highest BCUT2D eigenvalue weighted by atomic mass is 16.3. The maximum atomic E-state index is 12.3. The molecule has 0 spiro atoms. The van der Waals surface area contributed by atoms with Crippen molar-refractivity contribution in [1.29, 1.82) is 0 Å². The summed E-state index contributed by atoms with van der Waals surface area (Å²) in [5.74, 6) is 3.29. The van der Waals surface area contributed by atoms with Crippen LogP contribution in [0.3, 0.4) is 0 Å². The van der Waals surface area contributed by atoms with E-state index in [4.69, 9.17) is 0 Å². The fraction of sp³-hybridized carbons (Fsp3) is 0.900. The second-order valence-corrected chi connectivity index (χ2v) is 14.4. The van der Waals surface area contributed by atoms with E-state index in [-0.39, 0.29) is 5.41 Å². The van der Waals surface area contributed by atoms with Crippen molar-refractivity contribution in [2.45, 2.75) is 112 Å². The van der Waals surface area contributed by atoms with E-state index >= 15 is 0 Å². The molecule has 0 heterocycles. The SMILES string of the molecule is C=C(C)C1CCC2(C)CCC3(C)C(CCC4C5(C)CCC(O)C(C)(C=O)C5CCC43C)C12. The molecule has 1 N–H and O–H groups in total. The fourth-order valence-corrected chi connectivity index (χ4v) is 11.4. The minimum Gasteiger partial charge on any atom is -0.392 e. The molecule has 0 aromatic carbocycles. The summed E-state index contributed by atoms with van der Waals surface area (Å²) in [6, 6.07) is 0. The van der Waals surface area contributed by atoms with Crippen LogP contribution >= 0.6 is 0 Å². The van der Waals surface area contributed by atoms with E-state index in [0.717, 1.165) is 37.4 Å². The van der Waals surface area contributed by atoms with Gasteiger partial charge in [0.25, 0.3) is 0 Å². The van der Waals surface area contributed by atoms with Crippen molar-refractivity contribution < 1.29 is 9.90 Å². The molecule has 5 saturated carbocycles. The Labute approximate surface area is 197 Å². The molecule has 0 saturated heterocycles. The zero-order valence-corrected chi connectivity index (χ0v) is 21.7. The second-order valence-electron chi connectivity index (χ2n) is 14.4.